The van der Waals surface area contributed by atoms with E-state index in [-0.39, 0.29) is 28.7 Å². The van der Waals surface area contributed by atoms with Crippen molar-refractivity contribution in [3.63, 3.8) is 0 Å². The lowest BCUT2D eigenvalue weighted by molar-refractivity contribution is -0.120. The molecule has 10 heteroatoms. The summed E-state index contributed by atoms with van der Waals surface area (Å²) in [5, 5.41) is 0.304. The molecule has 1 saturated heterocycles. The SMILES string of the molecule is Cc1c(F)cc2c3c(c(=O)n(I)c2c1F)N(C)C(=O)C1CN(I)C(C)CN31. The van der Waals surface area contributed by atoms with Crippen molar-refractivity contribution in [1.29, 1.82) is 0 Å². The molecule has 2 aromatic rings. The number of nitrogens with zero attached hydrogens (tertiary/aromatic N) is 4. The van der Waals surface area contributed by atoms with Crippen molar-refractivity contribution >= 4 is 73.9 Å². The Bertz CT molecular complexity index is 1060. The second-order valence-electron chi connectivity index (χ2n) is 6.97. The number of aromatic nitrogens is 1. The third kappa shape index (κ3) is 2.62. The van der Waals surface area contributed by atoms with Crippen LogP contribution in [0.15, 0.2) is 10.9 Å². The lowest BCUT2D eigenvalue weighted by Crippen LogP contribution is -2.63. The number of pyridine rings is 1. The van der Waals surface area contributed by atoms with E-state index >= 15 is 0 Å². The van der Waals surface area contributed by atoms with Gasteiger partial charge < -0.3 is 9.80 Å². The van der Waals surface area contributed by atoms with Crippen LogP contribution < -0.4 is 15.4 Å². The Balaban J connectivity index is 2.14. The number of carbonyl (C=O) groups is 1. The molecule has 0 saturated carbocycles. The second-order valence-corrected chi connectivity index (χ2v) is 9.18. The van der Waals surface area contributed by atoms with Gasteiger partial charge in [-0.25, -0.2) is 14.7 Å². The van der Waals surface area contributed by atoms with Gasteiger partial charge in [-0.15, -0.1) is 0 Å². The zero-order chi connectivity index (χ0) is 19.8. The molecule has 4 rings (SSSR count). The van der Waals surface area contributed by atoms with Crippen molar-refractivity contribution in [2.45, 2.75) is 25.9 Å². The van der Waals surface area contributed by atoms with Crippen molar-refractivity contribution < 1.29 is 13.6 Å². The summed E-state index contributed by atoms with van der Waals surface area (Å²) in [6.45, 7) is 4.31. The Morgan fingerprint density at radius 1 is 1.15 bits per heavy atom. The predicted molar refractivity (Wildman–Crippen MR) is 117 cm³/mol. The van der Waals surface area contributed by atoms with E-state index in [9.17, 15) is 18.4 Å². The quantitative estimate of drug-likeness (QED) is 0.345. The molecule has 3 heterocycles. The molecule has 0 radical (unpaired) electrons. The summed E-state index contributed by atoms with van der Waals surface area (Å²) >= 11 is 3.89. The first-order chi connectivity index (χ1) is 12.6. The van der Waals surface area contributed by atoms with Crippen LogP contribution in [0, 0.1) is 18.6 Å². The van der Waals surface area contributed by atoms with Crippen LogP contribution in [-0.4, -0.2) is 44.0 Å². The summed E-state index contributed by atoms with van der Waals surface area (Å²) < 4.78 is 32.5. The van der Waals surface area contributed by atoms with E-state index in [2.05, 4.69) is 22.9 Å². The van der Waals surface area contributed by atoms with Crippen LogP contribution in [0.5, 0.6) is 0 Å². The van der Waals surface area contributed by atoms with Crippen LogP contribution >= 0.6 is 45.7 Å². The van der Waals surface area contributed by atoms with Gasteiger partial charge in [0.1, 0.15) is 17.5 Å². The van der Waals surface area contributed by atoms with Crippen molar-refractivity contribution in [1.82, 2.24) is 5.89 Å². The zero-order valence-corrected chi connectivity index (χ0v) is 19.1. The molecular formula is C17H16F2I2N4O2. The van der Waals surface area contributed by atoms with E-state index in [1.807, 2.05) is 14.9 Å². The Kier molecular flexibility index (Phi) is 4.65. The summed E-state index contributed by atoms with van der Waals surface area (Å²) in [5.41, 5.74) is 0.0275. The molecule has 0 aliphatic carbocycles. The summed E-state index contributed by atoms with van der Waals surface area (Å²) in [4.78, 5) is 29.1. The average Bonchev–Trinajstić information content (AvgIpc) is 2.62. The first-order valence-corrected chi connectivity index (χ1v) is 10.3. The summed E-state index contributed by atoms with van der Waals surface area (Å²) in [7, 11) is 1.54. The number of likely N-dealkylation sites (N-methyl/N-ethyl adjacent to an activating group) is 1. The molecule has 1 aromatic carbocycles. The maximum atomic E-state index is 14.9. The second kappa shape index (κ2) is 6.51. The molecule has 1 aromatic heterocycles. The number of rotatable bonds is 0. The largest absolute Gasteiger partial charge is 0.354 e. The number of benzene rings is 1. The van der Waals surface area contributed by atoms with Crippen LogP contribution in [-0.2, 0) is 4.79 Å². The van der Waals surface area contributed by atoms with Gasteiger partial charge in [0.05, 0.1) is 34.1 Å². The molecule has 144 valence electrons. The van der Waals surface area contributed by atoms with E-state index in [0.29, 0.717) is 24.2 Å². The minimum absolute atomic E-state index is 0.0457. The van der Waals surface area contributed by atoms with Crippen molar-refractivity contribution in [2.24, 2.45) is 0 Å². The molecule has 27 heavy (non-hydrogen) atoms. The lowest BCUT2D eigenvalue weighted by atomic mass is 9.99. The Morgan fingerprint density at radius 3 is 2.48 bits per heavy atom. The normalized spacial score (nSPS) is 23.0. The van der Waals surface area contributed by atoms with E-state index in [4.69, 9.17) is 0 Å². The number of anilines is 2. The molecule has 2 atom stereocenters. The van der Waals surface area contributed by atoms with Crippen LogP contribution in [0.3, 0.4) is 0 Å². The van der Waals surface area contributed by atoms with Gasteiger partial charge in [0.25, 0.3) is 11.5 Å². The minimum atomic E-state index is -0.754. The Labute approximate surface area is 182 Å². The summed E-state index contributed by atoms with van der Waals surface area (Å²) in [6, 6.07) is 0.877. The maximum absolute atomic E-state index is 14.9. The number of piperazine rings is 1. The summed E-state index contributed by atoms with van der Waals surface area (Å²) in [6.07, 6.45) is 0. The molecule has 0 bridgehead atoms. The molecule has 1 fully saturated rings. The highest BCUT2D eigenvalue weighted by Crippen LogP contribution is 2.42. The fourth-order valence-corrected chi connectivity index (χ4v) is 5.08. The standard InChI is InChI=1S/C17H16F2I2N4O2/c1-7-5-23-11(6-24(7)20)16(26)22(3)15-14(23)9-4-10(18)8(2)12(19)13(9)25(21)17(15)27/h4,7,11H,5-6H2,1-3H3. The number of amides is 1. The maximum Gasteiger partial charge on any atom is 0.286 e. The number of hydrogen-bond acceptors (Lipinski definition) is 4. The number of carbonyl (C=O) groups excluding carboxylic acids is 1. The fourth-order valence-electron chi connectivity index (χ4n) is 3.83. The third-order valence-electron chi connectivity index (χ3n) is 5.38. The van der Waals surface area contributed by atoms with E-state index < -0.39 is 23.2 Å². The first kappa shape index (κ1) is 19.3. The van der Waals surface area contributed by atoms with Crippen LogP contribution in [0.4, 0.5) is 20.2 Å². The topological polar surface area (TPSA) is 48.8 Å². The van der Waals surface area contributed by atoms with Crippen molar-refractivity contribution in [3.8, 4) is 0 Å². The van der Waals surface area contributed by atoms with Gasteiger partial charge in [-0.1, -0.05) is 0 Å². The van der Waals surface area contributed by atoms with Gasteiger partial charge in [-0.3, -0.25) is 9.59 Å². The monoisotopic (exact) mass is 600 g/mol. The number of fused-ring (bicyclic) bond motifs is 5. The highest BCUT2D eigenvalue weighted by Gasteiger charge is 2.44. The Hall–Kier alpha value is -1.02. The zero-order valence-electron chi connectivity index (χ0n) is 14.8. The molecular weight excluding hydrogens is 584 g/mol. The highest BCUT2D eigenvalue weighted by atomic mass is 127. The molecule has 2 unspecified atom stereocenters. The van der Waals surface area contributed by atoms with Crippen molar-refractivity contribution in [3.05, 3.63) is 33.6 Å². The minimum Gasteiger partial charge on any atom is -0.354 e. The number of hydrogen-bond donors (Lipinski definition) is 0. The van der Waals surface area contributed by atoms with E-state index in [1.165, 1.54) is 17.9 Å². The average molecular weight is 600 g/mol. The van der Waals surface area contributed by atoms with Crippen molar-refractivity contribution in [2.75, 3.05) is 29.9 Å². The molecule has 1 amide bonds. The third-order valence-corrected chi connectivity index (χ3v) is 7.64. The molecule has 0 spiro atoms. The smallest absolute Gasteiger partial charge is 0.286 e. The first-order valence-electron chi connectivity index (χ1n) is 8.35. The van der Waals surface area contributed by atoms with Gasteiger partial charge in [-0.05, 0) is 19.9 Å². The van der Waals surface area contributed by atoms with Gasteiger partial charge in [-0.2, -0.15) is 0 Å². The van der Waals surface area contributed by atoms with Gasteiger partial charge in [0.2, 0.25) is 0 Å². The molecule has 2 aliphatic heterocycles. The fraction of sp³-hybridized carbons (Fsp3) is 0.412. The van der Waals surface area contributed by atoms with Crippen LogP contribution in [0.25, 0.3) is 10.9 Å². The van der Waals surface area contributed by atoms with Gasteiger partial charge in [0, 0.05) is 60.0 Å². The molecule has 0 N–H and O–H groups in total. The lowest BCUT2D eigenvalue weighted by Gasteiger charge is -2.48. The van der Waals surface area contributed by atoms with Crippen LogP contribution in [0.1, 0.15) is 12.5 Å². The molecule has 2 aliphatic rings. The number of halogens is 4. The van der Waals surface area contributed by atoms with E-state index in [0.717, 1.165) is 2.78 Å². The summed E-state index contributed by atoms with van der Waals surface area (Å²) in [5.74, 6) is -1.62. The van der Waals surface area contributed by atoms with Gasteiger partial charge in [0.15, 0.2) is 5.82 Å². The predicted octanol–water partition coefficient (Wildman–Crippen LogP) is 2.99. The Morgan fingerprint density at radius 2 is 1.81 bits per heavy atom. The van der Waals surface area contributed by atoms with Crippen LogP contribution in [0.2, 0.25) is 0 Å². The highest BCUT2D eigenvalue weighted by molar-refractivity contribution is 14.1. The van der Waals surface area contributed by atoms with Gasteiger partial charge >= 0.3 is 0 Å². The molecule has 6 nitrogen and oxygen atoms in total. The van der Waals surface area contributed by atoms with E-state index in [1.54, 1.807) is 29.9 Å².